The van der Waals surface area contributed by atoms with E-state index in [1.54, 1.807) is 24.5 Å². The number of rotatable bonds is 4. The maximum atomic E-state index is 11.2. The number of aromatic nitrogens is 1. The monoisotopic (exact) mass is 257 g/mol. The van der Waals surface area contributed by atoms with E-state index in [1.807, 2.05) is 24.1 Å². The Balaban J connectivity index is 2.30. The zero-order valence-electron chi connectivity index (χ0n) is 10.6. The second-order valence-corrected chi connectivity index (χ2v) is 4.29. The summed E-state index contributed by atoms with van der Waals surface area (Å²) in [6.07, 6.45) is 3.42. The van der Waals surface area contributed by atoms with Gasteiger partial charge in [-0.25, -0.2) is 4.79 Å². The van der Waals surface area contributed by atoms with E-state index >= 15 is 0 Å². The maximum Gasteiger partial charge on any atom is 0.337 e. The van der Waals surface area contributed by atoms with Gasteiger partial charge in [0.2, 0.25) is 0 Å². The average molecular weight is 257 g/mol. The van der Waals surface area contributed by atoms with Gasteiger partial charge in [0.05, 0.1) is 11.3 Å². The third-order valence-electron chi connectivity index (χ3n) is 2.83. The van der Waals surface area contributed by atoms with E-state index in [9.17, 15) is 9.90 Å². The van der Waals surface area contributed by atoms with Crippen LogP contribution >= 0.6 is 0 Å². The van der Waals surface area contributed by atoms with Gasteiger partial charge in [-0.1, -0.05) is 0 Å². The molecule has 5 nitrogen and oxygen atoms in total. The third-order valence-corrected chi connectivity index (χ3v) is 2.83. The van der Waals surface area contributed by atoms with Crippen LogP contribution in [0.3, 0.4) is 0 Å². The lowest BCUT2D eigenvalue weighted by molar-refractivity contribution is 0.0697. The summed E-state index contributed by atoms with van der Waals surface area (Å²) in [7, 11) is 1.83. The van der Waals surface area contributed by atoms with Crippen LogP contribution in [-0.2, 0) is 6.54 Å². The van der Waals surface area contributed by atoms with E-state index < -0.39 is 5.97 Å². The number of aromatic carboxylic acids is 1. The van der Waals surface area contributed by atoms with Crippen molar-refractivity contribution in [2.45, 2.75) is 6.54 Å². The molecule has 0 bridgehead atoms. The van der Waals surface area contributed by atoms with Gasteiger partial charge in [-0.05, 0) is 35.9 Å². The Morgan fingerprint density at radius 2 is 2.00 bits per heavy atom. The van der Waals surface area contributed by atoms with Crippen LogP contribution in [0.15, 0.2) is 42.7 Å². The zero-order chi connectivity index (χ0) is 13.8. The Labute approximate surface area is 111 Å². The average Bonchev–Trinajstić information content (AvgIpc) is 2.39. The van der Waals surface area contributed by atoms with Crippen LogP contribution in [-0.4, -0.2) is 23.1 Å². The molecular formula is C14H15N3O2. The summed E-state index contributed by atoms with van der Waals surface area (Å²) >= 11 is 0. The molecule has 0 saturated heterocycles. The van der Waals surface area contributed by atoms with E-state index in [1.165, 1.54) is 6.07 Å². The SMILES string of the molecule is CN(Cc1ccncc1)c1cc(N)ccc1C(=O)O. The number of hydrogen-bond donors (Lipinski definition) is 2. The third kappa shape index (κ3) is 3.01. The molecule has 19 heavy (non-hydrogen) atoms. The Bertz CT molecular complexity index is 584. The number of benzene rings is 1. The van der Waals surface area contributed by atoms with Crippen LogP contribution in [0.4, 0.5) is 11.4 Å². The minimum Gasteiger partial charge on any atom is -0.478 e. The summed E-state index contributed by atoms with van der Waals surface area (Å²) in [6.45, 7) is 0.590. The summed E-state index contributed by atoms with van der Waals surface area (Å²) in [5, 5.41) is 9.19. The number of pyridine rings is 1. The molecule has 0 amide bonds. The summed E-state index contributed by atoms with van der Waals surface area (Å²) in [6, 6.07) is 8.57. The fraction of sp³-hybridized carbons (Fsp3) is 0.143. The van der Waals surface area contributed by atoms with Gasteiger partial charge in [-0.2, -0.15) is 0 Å². The number of carboxylic acid groups (broad SMARTS) is 1. The Hall–Kier alpha value is -2.56. The van der Waals surface area contributed by atoms with E-state index in [-0.39, 0.29) is 5.56 Å². The van der Waals surface area contributed by atoms with Gasteiger partial charge in [-0.3, -0.25) is 4.98 Å². The minimum atomic E-state index is -0.962. The number of anilines is 2. The molecular weight excluding hydrogens is 242 g/mol. The van der Waals surface area contributed by atoms with Gasteiger partial charge < -0.3 is 15.7 Å². The summed E-state index contributed by atoms with van der Waals surface area (Å²) in [5.41, 5.74) is 8.17. The van der Waals surface area contributed by atoms with Crippen LogP contribution in [0.5, 0.6) is 0 Å². The van der Waals surface area contributed by atoms with Gasteiger partial charge in [0.25, 0.3) is 0 Å². The zero-order valence-corrected chi connectivity index (χ0v) is 10.6. The van der Waals surface area contributed by atoms with Gasteiger partial charge >= 0.3 is 5.97 Å². The van der Waals surface area contributed by atoms with Gasteiger partial charge in [-0.15, -0.1) is 0 Å². The highest BCUT2D eigenvalue weighted by Crippen LogP contribution is 2.24. The highest BCUT2D eigenvalue weighted by molar-refractivity contribution is 5.95. The second-order valence-electron chi connectivity index (χ2n) is 4.29. The molecule has 0 aliphatic rings. The van der Waals surface area contributed by atoms with Gasteiger partial charge in [0.15, 0.2) is 0 Å². The largest absolute Gasteiger partial charge is 0.478 e. The van der Waals surface area contributed by atoms with Crippen LogP contribution in [0.2, 0.25) is 0 Å². The molecule has 2 aromatic rings. The van der Waals surface area contributed by atoms with Crippen molar-refractivity contribution < 1.29 is 9.90 Å². The molecule has 0 radical (unpaired) electrons. The molecule has 0 unspecified atom stereocenters. The molecule has 1 heterocycles. The first kappa shape index (κ1) is 12.9. The molecule has 0 aliphatic carbocycles. The predicted molar refractivity (Wildman–Crippen MR) is 74.2 cm³/mol. The minimum absolute atomic E-state index is 0.241. The molecule has 0 spiro atoms. The van der Waals surface area contributed by atoms with Crippen LogP contribution in [0, 0.1) is 0 Å². The van der Waals surface area contributed by atoms with Gasteiger partial charge in [0, 0.05) is 31.7 Å². The smallest absolute Gasteiger partial charge is 0.337 e. The van der Waals surface area contributed by atoms with Crippen molar-refractivity contribution in [2.75, 3.05) is 17.7 Å². The maximum absolute atomic E-state index is 11.2. The summed E-state index contributed by atoms with van der Waals surface area (Å²) < 4.78 is 0. The normalized spacial score (nSPS) is 10.2. The number of carbonyl (C=O) groups is 1. The number of nitrogens with zero attached hydrogens (tertiary/aromatic N) is 2. The molecule has 0 fully saturated rings. The molecule has 1 aromatic heterocycles. The number of nitrogen functional groups attached to an aromatic ring is 1. The number of carboxylic acids is 1. The highest BCUT2D eigenvalue weighted by Gasteiger charge is 2.14. The highest BCUT2D eigenvalue weighted by atomic mass is 16.4. The molecule has 0 aliphatic heterocycles. The van der Waals surface area contributed by atoms with Crippen molar-refractivity contribution in [3.05, 3.63) is 53.9 Å². The standard InChI is InChI=1S/C14H15N3O2/c1-17(9-10-4-6-16-7-5-10)13-8-11(15)2-3-12(13)14(18)19/h2-8H,9,15H2,1H3,(H,18,19). The quantitative estimate of drug-likeness (QED) is 0.819. The van der Waals surface area contributed by atoms with Crippen LogP contribution in [0.25, 0.3) is 0 Å². The first-order chi connectivity index (χ1) is 9.08. The van der Waals surface area contributed by atoms with E-state index in [0.717, 1.165) is 5.56 Å². The lowest BCUT2D eigenvalue weighted by Gasteiger charge is -2.21. The number of nitrogens with two attached hydrogens (primary N) is 1. The number of hydrogen-bond acceptors (Lipinski definition) is 4. The molecule has 1 aromatic carbocycles. The van der Waals surface area contributed by atoms with Crippen molar-refractivity contribution in [3.8, 4) is 0 Å². The lowest BCUT2D eigenvalue weighted by Crippen LogP contribution is -2.19. The topological polar surface area (TPSA) is 79.5 Å². The summed E-state index contributed by atoms with van der Waals surface area (Å²) in [4.78, 5) is 17.0. The molecule has 98 valence electrons. The molecule has 0 atom stereocenters. The molecule has 5 heteroatoms. The van der Waals surface area contributed by atoms with E-state index in [2.05, 4.69) is 4.98 Å². The molecule has 3 N–H and O–H groups in total. The van der Waals surface area contributed by atoms with Crippen LogP contribution < -0.4 is 10.6 Å². The molecule has 2 rings (SSSR count). The van der Waals surface area contributed by atoms with Gasteiger partial charge in [0.1, 0.15) is 0 Å². The van der Waals surface area contributed by atoms with Crippen molar-refractivity contribution in [1.82, 2.24) is 4.98 Å². The fourth-order valence-corrected chi connectivity index (χ4v) is 1.89. The fourth-order valence-electron chi connectivity index (χ4n) is 1.89. The summed E-state index contributed by atoms with van der Waals surface area (Å²) in [5.74, 6) is -0.962. The van der Waals surface area contributed by atoms with E-state index in [4.69, 9.17) is 5.73 Å². The van der Waals surface area contributed by atoms with Crippen molar-refractivity contribution in [3.63, 3.8) is 0 Å². The lowest BCUT2D eigenvalue weighted by atomic mass is 10.1. The first-order valence-electron chi connectivity index (χ1n) is 5.81. The first-order valence-corrected chi connectivity index (χ1v) is 5.81. The van der Waals surface area contributed by atoms with Crippen molar-refractivity contribution in [1.29, 1.82) is 0 Å². The van der Waals surface area contributed by atoms with Crippen LogP contribution in [0.1, 0.15) is 15.9 Å². The Morgan fingerprint density at radius 1 is 1.32 bits per heavy atom. The second kappa shape index (κ2) is 5.39. The Morgan fingerprint density at radius 3 is 2.63 bits per heavy atom. The molecule has 0 saturated carbocycles. The Kier molecular flexibility index (Phi) is 3.66. The van der Waals surface area contributed by atoms with E-state index in [0.29, 0.717) is 17.9 Å². The van der Waals surface area contributed by atoms with Crippen molar-refractivity contribution in [2.24, 2.45) is 0 Å². The predicted octanol–water partition coefficient (Wildman–Crippen LogP) is 2.00. The van der Waals surface area contributed by atoms with Crippen molar-refractivity contribution >= 4 is 17.3 Å².